The first-order valence-corrected chi connectivity index (χ1v) is 14.5. The second kappa shape index (κ2) is 11.3. The zero-order valence-electron chi connectivity index (χ0n) is 22.4. The van der Waals surface area contributed by atoms with Gasteiger partial charge in [0.2, 0.25) is 21.8 Å². The van der Waals surface area contributed by atoms with E-state index >= 15 is 0 Å². The van der Waals surface area contributed by atoms with Gasteiger partial charge in [-0.3, -0.25) is 13.9 Å². The number of hydrogen-bond donors (Lipinski definition) is 1. The summed E-state index contributed by atoms with van der Waals surface area (Å²) >= 11 is 3.44. The predicted molar refractivity (Wildman–Crippen MR) is 149 cm³/mol. The van der Waals surface area contributed by atoms with E-state index in [2.05, 4.69) is 42.0 Å². The van der Waals surface area contributed by atoms with Gasteiger partial charge in [-0.2, -0.15) is 0 Å². The van der Waals surface area contributed by atoms with Crippen LogP contribution in [0.25, 0.3) is 0 Å². The highest BCUT2D eigenvalue weighted by Gasteiger charge is 2.31. The van der Waals surface area contributed by atoms with Crippen molar-refractivity contribution in [1.29, 1.82) is 0 Å². The first kappa shape index (κ1) is 29.8. The molecule has 0 aliphatic rings. The van der Waals surface area contributed by atoms with Gasteiger partial charge in [0, 0.05) is 16.6 Å². The lowest BCUT2D eigenvalue weighted by Crippen LogP contribution is -2.54. The largest absolute Gasteiger partial charge is 0.350 e. The Morgan fingerprint density at radius 2 is 1.58 bits per heavy atom. The van der Waals surface area contributed by atoms with Crippen LogP contribution in [0.4, 0.5) is 5.69 Å². The third-order valence-corrected chi connectivity index (χ3v) is 7.24. The Kier molecular flexibility index (Phi) is 9.40. The van der Waals surface area contributed by atoms with Gasteiger partial charge >= 0.3 is 0 Å². The van der Waals surface area contributed by atoms with Gasteiger partial charge in [0.1, 0.15) is 12.6 Å². The Balaban J connectivity index is 2.42. The fourth-order valence-electron chi connectivity index (χ4n) is 3.63. The SMILES string of the molecule is C[C@@H](C(=O)NC(C)(C)C)N(Cc1cccc(Br)c1)C(=O)CN(c1ccc(C(C)(C)C)cc1)S(C)(=O)=O. The Morgan fingerprint density at radius 1 is 1.00 bits per heavy atom. The van der Waals surface area contributed by atoms with Crippen LogP contribution < -0.4 is 9.62 Å². The molecule has 0 aliphatic heterocycles. The van der Waals surface area contributed by atoms with E-state index in [1.165, 1.54) is 4.90 Å². The summed E-state index contributed by atoms with van der Waals surface area (Å²) < 4.78 is 27.4. The number of nitrogens with zero attached hydrogens (tertiary/aromatic N) is 2. The topological polar surface area (TPSA) is 86.8 Å². The Labute approximate surface area is 224 Å². The van der Waals surface area contributed by atoms with Crippen molar-refractivity contribution in [2.24, 2.45) is 0 Å². The highest BCUT2D eigenvalue weighted by atomic mass is 79.9. The van der Waals surface area contributed by atoms with Gasteiger partial charge in [0.15, 0.2) is 0 Å². The lowest BCUT2D eigenvalue weighted by atomic mass is 9.87. The molecule has 0 saturated heterocycles. The number of rotatable bonds is 8. The quantitative estimate of drug-likeness (QED) is 0.484. The van der Waals surface area contributed by atoms with Gasteiger partial charge in [-0.25, -0.2) is 8.42 Å². The average molecular weight is 581 g/mol. The van der Waals surface area contributed by atoms with E-state index in [4.69, 9.17) is 0 Å². The maximum atomic E-state index is 13.6. The molecule has 7 nitrogen and oxygen atoms in total. The van der Waals surface area contributed by atoms with Crippen LogP contribution in [0.15, 0.2) is 53.0 Å². The number of hydrogen-bond acceptors (Lipinski definition) is 4. The number of halogens is 1. The molecule has 9 heteroatoms. The molecule has 0 saturated carbocycles. The molecule has 1 atom stereocenters. The lowest BCUT2D eigenvalue weighted by Gasteiger charge is -2.33. The zero-order valence-corrected chi connectivity index (χ0v) is 24.8. The number of anilines is 1. The van der Waals surface area contributed by atoms with Gasteiger partial charge in [-0.05, 0) is 68.5 Å². The third-order valence-electron chi connectivity index (χ3n) is 5.61. The maximum absolute atomic E-state index is 13.6. The zero-order chi connectivity index (χ0) is 27.5. The monoisotopic (exact) mass is 579 g/mol. The van der Waals surface area contributed by atoms with E-state index in [1.807, 2.05) is 57.2 Å². The van der Waals surface area contributed by atoms with Crippen LogP contribution in [-0.2, 0) is 31.6 Å². The molecule has 0 unspecified atom stereocenters. The van der Waals surface area contributed by atoms with Crippen molar-refractivity contribution in [3.05, 3.63) is 64.1 Å². The van der Waals surface area contributed by atoms with E-state index in [9.17, 15) is 18.0 Å². The number of sulfonamides is 1. The molecule has 1 N–H and O–H groups in total. The van der Waals surface area contributed by atoms with Crippen molar-refractivity contribution in [2.75, 3.05) is 17.1 Å². The maximum Gasteiger partial charge on any atom is 0.244 e. The van der Waals surface area contributed by atoms with Crippen molar-refractivity contribution < 1.29 is 18.0 Å². The van der Waals surface area contributed by atoms with Crippen LogP contribution in [0.1, 0.15) is 59.6 Å². The standard InChI is InChI=1S/C27H38BrN3O4S/c1-19(25(33)29-27(5,6)7)30(17-20-10-9-11-22(28)16-20)24(32)18-31(36(8,34)35)23-14-12-21(13-15-23)26(2,3)4/h9-16,19H,17-18H2,1-8H3,(H,29,33)/t19-/m0/s1. The molecule has 2 rings (SSSR count). The van der Waals surface area contributed by atoms with Gasteiger partial charge in [0.25, 0.3) is 0 Å². The molecule has 198 valence electrons. The Bertz CT molecular complexity index is 1180. The normalized spacial score (nSPS) is 13.1. The fraction of sp³-hybridized carbons (Fsp3) is 0.481. The van der Waals surface area contributed by atoms with E-state index in [0.29, 0.717) is 5.69 Å². The summed E-state index contributed by atoms with van der Waals surface area (Å²) in [5.74, 6) is -0.789. The summed E-state index contributed by atoms with van der Waals surface area (Å²) in [6.45, 7) is 13.2. The van der Waals surface area contributed by atoms with Crippen molar-refractivity contribution in [3.63, 3.8) is 0 Å². The summed E-state index contributed by atoms with van der Waals surface area (Å²) in [7, 11) is -3.77. The third kappa shape index (κ3) is 8.62. The van der Waals surface area contributed by atoms with Gasteiger partial charge in [0.05, 0.1) is 11.9 Å². The molecular formula is C27H38BrN3O4S. The van der Waals surface area contributed by atoms with Crippen molar-refractivity contribution in [1.82, 2.24) is 10.2 Å². The van der Waals surface area contributed by atoms with Gasteiger partial charge < -0.3 is 10.2 Å². The molecular weight excluding hydrogens is 542 g/mol. The summed E-state index contributed by atoms with van der Waals surface area (Å²) in [5.41, 5.74) is 1.68. The number of carbonyl (C=O) groups is 2. The van der Waals surface area contributed by atoms with E-state index < -0.39 is 34.1 Å². The van der Waals surface area contributed by atoms with Crippen LogP contribution in [0.2, 0.25) is 0 Å². The van der Waals surface area contributed by atoms with Crippen molar-refractivity contribution >= 4 is 43.5 Å². The highest BCUT2D eigenvalue weighted by Crippen LogP contribution is 2.26. The van der Waals surface area contributed by atoms with E-state index in [-0.39, 0.29) is 17.9 Å². The molecule has 2 aromatic rings. The summed E-state index contributed by atoms with van der Waals surface area (Å²) in [6.07, 6.45) is 1.08. The molecule has 0 fully saturated rings. The van der Waals surface area contributed by atoms with Crippen LogP contribution in [0.5, 0.6) is 0 Å². The molecule has 36 heavy (non-hydrogen) atoms. The van der Waals surface area contributed by atoms with Crippen molar-refractivity contribution in [2.45, 2.75) is 72.0 Å². The predicted octanol–water partition coefficient (Wildman–Crippen LogP) is 4.84. The smallest absolute Gasteiger partial charge is 0.244 e. The molecule has 0 aromatic heterocycles. The lowest BCUT2D eigenvalue weighted by molar-refractivity contribution is -0.140. The molecule has 0 aliphatic carbocycles. The van der Waals surface area contributed by atoms with Crippen LogP contribution >= 0.6 is 15.9 Å². The van der Waals surface area contributed by atoms with Crippen molar-refractivity contribution in [3.8, 4) is 0 Å². The second-order valence-corrected chi connectivity index (χ2v) is 14.0. The molecule has 0 radical (unpaired) electrons. The summed E-state index contributed by atoms with van der Waals surface area (Å²) in [5, 5.41) is 2.91. The minimum absolute atomic E-state index is 0.0964. The number of benzene rings is 2. The van der Waals surface area contributed by atoms with E-state index in [0.717, 1.165) is 26.2 Å². The first-order valence-electron chi connectivity index (χ1n) is 11.8. The first-order chi connectivity index (χ1) is 16.4. The number of amides is 2. The molecule has 0 spiro atoms. The summed E-state index contributed by atoms with van der Waals surface area (Å²) in [6, 6.07) is 13.8. The Hall–Kier alpha value is -2.39. The molecule has 2 aromatic carbocycles. The van der Waals surface area contributed by atoms with Gasteiger partial charge in [-0.15, -0.1) is 0 Å². The van der Waals surface area contributed by atoms with E-state index in [1.54, 1.807) is 19.1 Å². The van der Waals surface area contributed by atoms with Crippen LogP contribution in [-0.4, -0.2) is 49.5 Å². The summed E-state index contributed by atoms with van der Waals surface area (Å²) in [4.78, 5) is 28.0. The molecule has 0 bridgehead atoms. The fourth-order valence-corrected chi connectivity index (χ4v) is 4.93. The van der Waals surface area contributed by atoms with Gasteiger partial charge in [-0.1, -0.05) is 61.0 Å². The second-order valence-electron chi connectivity index (χ2n) is 11.1. The van der Waals surface area contributed by atoms with Crippen LogP contribution in [0, 0.1) is 0 Å². The highest BCUT2D eigenvalue weighted by molar-refractivity contribution is 9.10. The number of carbonyl (C=O) groups excluding carboxylic acids is 2. The minimum Gasteiger partial charge on any atom is -0.350 e. The average Bonchev–Trinajstić information content (AvgIpc) is 2.72. The minimum atomic E-state index is -3.77. The number of nitrogens with one attached hydrogen (secondary N) is 1. The van der Waals surface area contributed by atoms with Crippen LogP contribution in [0.3, 0.4) is 0 Å². The molecule has 2 amide bonds. The Morgan fingerprint density at radius 3 is 2.06 bits per heavy atom. The molecule has 0 heterocycles.